The molecule has 0 fully saturated rings. The van der Waals surface area contributed by atoms with E-state index in [4.69, 9.17) is 9.47 Å². The molecular formula is C31H38N4O7S. The topological polar surface area (TPSA) is 138 Å². The number of carbonyl (C=O) groups is 2. The molecule has 3 amide bonds. The van der Waals surface area contributed by atoms with Crippen molar-refractivity contribution in [3.63, 3.8) is 0 Å². The zero-order valence-electron chi connectivity index (χ0n) is 24.7. The first-order chi connectivity index (χ1) is 20.5. The van der Waals surface area contributed by atoms with Crippen molar-refractivity contribution in [3.8, 4) is 11.5 Å². The summed E-state index contributed by atoms with van der Waals surface area (Å²) in [5, 5.41) is 15.4. The van der Waals surface area contributed by atoms with Crippen molar-refractivity contribution in [1.29, 1.82) is 0 Å². The minimum Gasteiger partial charge on any atom is -0.497 e. The average Bonchev–Trinajstić information content (AvgIpc) is 3.04. The molecule has 0 spiro atoms. The summed E-state index contributed by atoms with van der Waals surface area (Å²) in [6.45, 7) is 3.66. The number of aliphatic hydroxyl groups is 1. The maximum absolute atomic E-state index is 13.5. The molecule has 0 saturated carbocycles. The number of aliphatic hydroxyl groups excluding tert-OH is 1. The van der Waals surface area contributed by atoms with Gasteiger partial charge in [0.25, 0.3) is 0 Å². The number of nitrogens with zero attached hydrogens (tertiary/aromatic N) is 2. The van der Waals surface area contributed by atoms with E-state index in [1.165, 1.54) is 30.6 Å². The van der Waals surface area contributed by atoms with Crippen LogP contribution in [-0.4, -0.2) is 80.7 Å². The van der Waals surface area contributed by atoms with Gasteiger partial charge in [-0.25, -0.2) is 13.2 Å². The van der Waals surface area contributed by atoms with Crippen molar-refractivity contribution in [2.45, 2.75) is 37.3 Å². The molecule has 1 aliphatic heterocycles. The fraction of sp³-hybridized carbons (Fsp3) is 0.355. The van der Waals surface area contributed by atoms with Gasteiger partial charge in [0.15, 0.2) is 0 Å². The van der Waals surface area contributed by atoms with Crippen molar-refractivity contribution >= 4 is 33.3 Å². The van der Waals surface area contributed by atoms with Gasteiger partial charge in [0.1, 0.15) is 17.6 Å². The van der Waals surface area contributed by atoms with Crippen LogP contribution < -0.4 is 20.1 Å². The lowest BCUT2D eigenvalue weighted by molar-refractivity contribution is -0.134. The van der Waals surface area contributed by atoms with E-state index in [-0.39, 0.29) is 42.8 Å². The van der Waals surface area contributed by atoms with Crippen LogP contribution in [-0.2, 0) is 21.2 Å². The largest absolute Gasteiger partial charge is 0.497 e. The maximum atomic E-state index is 13.5. The Balaban J connectivity index is 1.61. The van der Waals surface area contributed by atoms with Gasteiger partial charge in [-0.15, -0.1) is 0 Å². The lowest BCUT2D eigenvalue weighted by Gasteiger charge is -2.33. The third-order valence-corrected chi connectivity index (χ3v) is 9.25. The average molecular weight is 611 g/mol. The van der Waals surface area contributed by atoms with Crippen LogP contribution >= 0.6 is 0 Å². The number of carbonyl (C=O) groups excluding carboxylic acids is 2. The maximum Gasteiger partial charge on any atom is 0.323 e. The number of sulfonamides is 1. The van der Waals surface area contributed by atoms with Gasteiger partial charge in [-0.2, -0.15) is 4.31 Å². The monoisotopic (exact) mass is 610 g/mol. The SMILES string of the molecule is COc1ccc(S(=O)(=O)N(C)C[C@@H]2Oc3ccc(NC(=O)Nc4ccccc4)cc3CC(=O)N([C@@H](C)CO)C[C@H]2C)cc1. The molecule has 0 bridgehead atoms. The van der Waals surface area contributed by atoms with Crippen LogP contribution in [0.15, 0.2) is 77.7 Å². The van der Waals surface area contributed by atoms with Crippen molar-refractivity contribution in [2.24, 2.45) is 5.92 Å². The second-order valence-corrected chi connectivity index (χ2v) is 12.7. The predicted molar refractivity (Wildman–Crippen MR) is 164 cm³/mol. The van der Waals surface area contributed by atoms with Gasteiger partial charge in [0.05, 0.1) is 37.6 Å². The third-order valence-electron chi connectivity index (χ3n) is 7.41. The molecule has 1 aliphatic rings. The van der Waals surface area contributed by atoms with Crippen molar-refractivity contribution < 1.29 is 32.6 Å². The summed E-state index contributed by atoms with van der Waals surface area (Å²) in [4.78, 5) is 27.8. The molecule has 3 aromatic rings. The van der Waals surface area contributed by atoms with Gasteiger partial charge in [-0.05, 0) is 61.5 Å². The highest BCUT2D eigenvalue weighted by molar-refractivity contribution is 7.89. The number of rotatable bonds is 9. The molecule has 0 radical (unpaired) electrons. The van der Waals surface area contributed by atoms with Crippen molar-refractivity contribution in [3.05, 3.63) is 78.4 Å². The van der Waals surface area contributed by atoms with Gasteiger partial charge in [-0.3, -0.25) is 4.79 Å². The number of methoxy groups -OCH3 is 1. The Labute approximate surface area is 252 Å². The highest BCUT2D eigenvalue weighted by Crippen LogP contribution is 2.30. The fourth-order valence-electron chi connectivity index (χ4n) is 4.82. The number of benzene rings is 3. The minimum atomic E-state index is -3.86. The molecule has 1 heterocycles. The van der Waals surface area contributed by atoms with E-state index in [1.807, 2.05) is 25.1 Å². The van der Waals surface area contributed by atoms with E-state index >= 15 is 0 Å². The first-order valence-electron chi connectivity index (χ1n) is 13.9. The fourth-order valence-corrected chi connectivity index (χ4v) is 6.00. The number of hydrogen-bond acceptors (Lipinski definition) is 7. The number of nitrogens with one attached hydrogen (secondary N) is 2. The van der Waals surface area contributed by atoms with Crippen LogP contribution in [0.4, 0.5) is 16.2 Å². The summed E-state index contributed by atoms with van der Waals surface area (Å²) < 4.78 is 39.6. The first-order valence-corrected chi connectivity index (χ1v) is 15.4. The molecule has 3 N–H and O–H groups in total. The van der Waals surface area contributed by atoms with E-state index in [9.17, 15) is 23.1 Å². The van der Waals surface area contributed by atoms with Crippen LogP contribution in [0.3, 0.4) is 0 Å². The number of ether oxygens (including phenoxy) is 2. The van der Waals surface area contributed by atoms with Crippen LogP contribution in [0.25, 0.3) is 0 Å². The molecule has 12 heteroatoms. The number of urea groups is 1. The van der Waals surface area contributed by atoms with Crippen molar-refractivity contribution in [1.82, 2.24) is 9.21 Å². The summed E-state index contributed by atoms with van der Waals surface area (Å²) in [6.07, 6.45) is -0.675. The third kappa shape index (κ3) is 7.83. The number of anilines is 2. The summed E-state index contributed by atoms with van der Waals surface area (Å²) in [7, 11) is -0.868. The molecule has 0 saturated heterocycles. The van der Waals surface area contributed by atoms with E-state index in [2.05, 4.69) is 10.6 Å². The number of hydrogen-bond donors (Lipinski definition) is 3. The summed E-state index contributed by atoms with van der Waals surface area (Å²) >= 11 is 0. The van der Waals surface area contributed by atoms with Crippen LogP contribution in [0.2, 0.25) is 0 Å². The van der Waals surface area contributed by atoms with E-state index in [1.54, 1.807) is 54.3 Å². The molecule has 4 rings (SSSR count). The van der Waals surface area contributed by atoms with Gasteiger partial charge < -0.3 is 30.1 Å². The molecule has 3 atom stereocenters. The van der Waals surface area contributed by atoms with E-state index in [0.717, 1.165) is 0 Å². The molecule has 11 nitrogen and oxygen atoms in total. The predicted octanol–water partition coefficient (Wildman–Crippen LogP) is 3.81. The lowest BCUT2D eigenvalue weighted by Crippen LogP contribution is -2.48. The van der Waals surface area contributed by atoms with Crippen LogP contribution in [0.1, 0.15) is 19.4 Å². The Bertz CT molecular complexity index is 1520. The number of fused-ring (bicyclic) bond motifs is 1. The van der Waals surface area contributed by atoms with Crippen molar-refractivity contribution in [2.75, 3.05) is 44.5 Å². The first kappa shape index (κ1) is 31.8. The molecule has 3 aromatic carbocycles. The van der Waals surface area contributed by atoms with Gasteiger partial charge >= 0.3 is 6.03 Å². The molecule has 43 heavy (non-hydrogen) atoms. The quantitative estimate of drug-likeness (QED) is 0.335. The Kier molecular flexibility index (Phi) is 10.3. The Morgan fingerprint density at radius 2 is 1.77 bits per heavy atom. The second kappa shape index (κ2) is 13.9. The highest BCUT2D eigenvalue weighted by Gasteiger charge is 2.33. The highest BCUT2D eigenvalue weighted by atomic mass is 32.2. The Hall–Kier alpha value is -4.13. The summed E-state index contributed by atoms with van der Waals surface area (Å²) in [5.41, 5.74) is 1.60. The molecule has 230 valence electrons. The Morgan fingerprint density at radius 1 is 1.09 bits per heavy atom. The number of para-hydroxylation sites is 1. The molecule has 0 aromatic heterocycles. The summed E-state index contributed by atoms with van der Waals surface area (Å²) in [5.74, 6) is 0.435. The van der Waals surface area contributed by atoms with E-state index in [0.29, 0.717) is 28.4 Å². The second-order valence-electron chi connectivity index (χ2n) is 10.6. The smallest absolute Gasteiger partial charge is 0.323 e. The van der Waals surface area contributed by atoms with Crippen LogP contribution in [0.5, 0.6) is 11.5 Å². The standard InChI is InChI=1S/C31H38N4O7S/c1-21-18-35(22(2)20-36)30(37)17-23-16-25(33-31(38)32-24-8-6-5-7-9-24)10-15-28(23)42-29(21)19-34(3)43(39,40)27-13-11-26(41-4)12-14-27/h5-16,21-22,29,36H,17-20H2,1-4H3,(H2,32,33,38)/t21-,22+,29+/m1/s1. The minimum absolute atomic E-state index is 0.00396. The normalized spacial score (nSPS) is 18.0. The van der Waals surface area contributed by atoms with Gasteiger partial charge in [-0.1, -0.05) is 25.1 Å². The molecular weight excluding hydrogens is 572 g/mol. The summed E-state index contributed by atoms with van der Waals surface area (Å²) in [6, 6.07) is 19.2. The van der Waals surface area contributed by atoms with E-state index < -0.39 is 28.2 Å². The number of amides is 3. The zero-order valence-corrected chi connectivity index (χ0v) is 25.5. The van der Waals surface area contributed by atoms with Crippen LogP contribution in [0, 0.1) is 5.92 Å². The zero-order chi connectivity index (χ0) is 31.1. The Morgan fingerprint density at radius 3 is 2.42 bits per heavy atom. The van der Waals surface area contributed by atoms with Gasteiger partial charge in [0.2, 0.25) is 15.9 Å². The molecule has 0 aliphatic carbocycles. The lowest BCUT2D eigenvalue weighted by atomic mass is 10.0. The number of likely N-dealkylation sites (N-methyl/N-ethyl adjacent to an activating group) is 1. The molecule has 0 unspecified atom stereocenters. The van der Waals surface area contributed by atoms with Gasteiger partial charge in [0, 0.05) is 36.4 Å².